The fourth-order valence-electron chi connectivity index (χ4n) is 3.38. The van der Waals surface area contributed by atoms with Gasteiger partial charge in [-0.15, -0.1) is 0 Å². The first-order valence-corrected chi connectivity index (χ1v) is 12.5. The lowest BCUT2D eigenvalue weighted by molar-refractivity contribution is -0.140. The Kier molecular flexibility index (Phi) is 9.89. The van der Waals surface area contributed by atoms with Crippen LogP contribution in [0.2, 0.25) is 0 Å². The summed E-state index contributed by atoms with van der Waals surface area (Å²) < 4.78 is 175. The summed E-state index contributed by atoms with van der Waals surface area (Å²) in [4.78, 5) is 0. The van der Waals surface area contributed by atoms with Crippen LogP contribution < -0.4 is 14.2 Å². The van der Waals surface area contributed by atoms with Gasteiger partial charge in [0, 0.05) is 5.33 Å². The second kappa shape index (κ2) is 12.5. The van der Waals surface area contributed by atoms with Gasteiger partial charge in [0.2, 0.25) is 0 Å². The largest absolute Gasteiger partial charge is 0.493 e. The third-order valence-corrected chi connectivity index (χ3v) is 6.84. The summed E-state index contributed by atoms with van der Waals surface area (Å²) in [5, 5.41) is -0.228. The fraction of sp³-hybridized carbons (Fsp3) is 0.308. The van der Waals surface area contributed by atoms with Gasteiger partial charge in [-0.3, -0.25) is 0 Å². The molecule has 3 aromatic carbocycles. The van der Waals surface area contributed by atoms with Gasteiger partial charge >= 0.3 is 18.5 Å². The Morgan fingerprint density at radius 2 is 0.738 bits per heavy atom. The van der Waals surface area contributed by atoms with Gasteiger partial charge in [-0.25, -0.2) is 13.2 Å². The highest BCUT2D eigenvalue weighted by Crippen LogP contribution is 2.37. The van der Waals surface area contributed by atoms with Crippen LogP contribution in [-0.2, 0) is 18.5 Å². The van der Waals surface area contributed by atoms with E-state index in [2.05, 4.69) is 15.9 Å². The van der Waals surface area contributed by atoms with Crippen molar-refractivity contribution in [3.63, 3.8) is 0 Å². The third kappa shape index (κ3) is 8.38. The van der Waals surface area contributed by atoms with Crippen molar-refractivity contribution >= 4 is 15.9 Å². The van der Waals surface area contributed by atoms with Crippen LogP contribution >= 0.6 is 15.9 Å². The average Bonchev–Trinajstić information content (AvgIpc) is 2.89. The lowest BCUT2D eigenvalue weighted by Crippen LogP contribution is -2.42. The second-order valence-electron chi connectivity index (χ2n) is 8.92. The molecule has 0 aliphatic rings. The highest BCUT2D eigenvalue weighted by molar-refractivity contribution is 9.09. The third-order valence-electron chi connectivity index (χ3n) is 5.65. The molecule has 16 heteroatoms. The van der Waals surface area contributed by atoms with Crippen molar-refractivity contribution in [3.8, 4) is 17.2 Å². The molecule has 0 fully saturated rings. The Balaban J connectivity index is 1.91. The molecule has 0 unspecified atom stereocenters. The summed E-state index contributed by atoms with van der Waals surface area (Å²) in [6.45, 7) is -1.91. The van der Waals surface area contributed by atoms with Crippen molar-refractivity contribution in [3.05, 3.63) is 88.7 Å². The lowest BCUT2D eigenvalue weighted by Gasteiger charge is -2.32. The van der Waals surface area contributed by atoms with Crippen molar-refractivity contribution in [2.75, 3.05) is 25.2 Å². The topological polar surface area (TPSA) is 27.7 Å². The maximum absolute atomic E-state index is 13.7. The van der Waals surface area contributed by atoms with Crippen LogP contribution in [0.15, 0.2) is 54.6 Å². The van der Waals surface area contributed by atoms with E-state index in [1.165, 1.54) is 0 Å². The Bertz CT molecular complexity index is 1220. The molecule has 0 bridgehead atoms. The van der Waals surface area contributed by atoms with E-state index < -0.39 is 95.2 Å². The fourth-order valence-corrected chi connectivity index (χ4v) is 3.87. The number of rotatable bonds is 10. The summed E-state index contributed by atoms with van der Waals surface area (Å²) in [5.74, 6) is -6.26. The van der Waals surface area contributed by atoms with Crippen LogP contribution in [0.25, 0.3) is 0 Å². The van der Waals surface area contributed by atoms with Gasteiger partial charge in [0.05, 0.1) is 22.1 Å². The maximum atomic E-state index is 13.7. The zero-order valence-corrected chi connectivity index (χ0v) is 22.2. The maximum Gasteiger partial charge on any atom is 0.419 e. The number of ether oxygens (including phenoxy) is 3. The number of hydrogen-bond acceptors (Lipinski definition) is 3. The molecule has 0 aliphatic carbocycles. The van der Waals surface area contributed by atoms with Gasteiger partial charge in [0.25, 0.3) is 0 Å². The molecule has 3 nitrogen and oxygen atoms in total. The zero-order valence-electron chi connectivity index (χ0n) is 20.7. The number of halogens is 13. The Morgan fingerprint density at radius 3 is 0.952 bits per heavy atom. The van der Waals surface area contributed by atoms with Crippen LogP contribution in [0.1, 0.15) is 16.7 Å². The number of hydrogen-bond donors (Lipinski definition) is 0. The van der Waals surface area contributed by atoms with Crippen LogP contribution in [0, 0.1) is 22.9 Å². The van der Waals surface area contributed by atoms with Crippen molar-refractivity contribution in [2.24, 2.45) is 5.41 Å². The molecule has 0 saturated heterocycles. The molecule has 3 aromatic rings. The predicted octanol–water partition coefficient (Wildman–Crippen LogP) is 9.08. The minimum Gasteiger partial charge on any atom is -0.493 e. The summed E-state index contributed by atoms with van der Waals surface area (Å²) in [6, 6.07) is 5.06. The van der Waals surface area contributed by atoms with Gasteiger partial charge in [-0.05, 0) is 54.6 Å². The van der Waals surface area contributed by atoms with Gasteiger partial charge in [0.1, 0.15) is 54.5 Å². The minimum atomic E-state index is -5.08. The normalized spacial score (nSPS) is 12.8. The lowest BCUT2D eigenvalue weighted by atomic mass is 9.94. The van der Waals surface area contributed by atoms with Crippen LogP contribution in [0.5, 0.6) is 17.2 Å². The molecular formula is C26H17BrF12O3. The molecule has 0 spiro atoms. The quantitative estimate of drug-likeness (QED) is 0.158. The Labute approximate surface area is 238 Å². The van der Waals surface area contributed by atoms with E-state index in [9.17, 15) is 52.7 Å². The highest BCUT2D eigenvalue weighted by atomic mass is 79.9. The molecule has 0 radical (unpaired) electrons. The Hall–Kier alpha value is -3.30. The molecule has 0 aromatic heterocycles. The summed E-state index contributed by atoms with van der Waals surface area (Å²) in [6.07, 6.45) is -15.3. The van der Waals surface area contributed by atoms with Crippen LogP contribution in [0.3, 0.4) is 0 Å². The van der Waals surface area contributed by atoms with Crippen molar-refractivity contribution in [1.82, 2.24) is 0 Å². The highest BCUT2D eigenvalue weighted by Gasteiger charge is 2.38. The molecule has 230 valence electrons. The minimum absolute atomic E-state index is 0.228. The SMILES string of the molecule is Fc1ccc(OCC(CBr)(COc2ccc(F)c(C(F)(F)F)c2)COc2ccc(F)c(C(F)(F)F)c2)cc1C(F)(F)F. The summed E-state index contributed by atoms with van der Waals surface area (Å²) >= 11 is 3.11. The molecule has 0 amide bonds. The van der Waals surface area contributed by atoms with Gasteiger partial charge in [-0.2, -0.15) is 39.5 Å². The molecule has 42 heavy (non-hydrogen) atoms. The first kappa shape index (κ1) is 33.2. The van der Waals surface area contributed by atoms with E-state index in [1.54, 1.807) is 0 Å². The van der Waals surface area contributed by atoms with Crippen LogP contribution in [-0.4, -0.2) is 25.2 Å². The van der Waals surface area contributed by atoms with E-state index in [4.69, 9.17) is 14.2 Å². The van der Waals surface area contributed by atoms with Gasteiger partial charge in [0.15, 0.2) is 0 Å². The van der Waals surface area contributed by atoms with E-state index in [1.807, 2.05) is 0 Å². The van der Waals surface area contributed by atoms with Crippen molar-refractivity contribution in [1.29, 1.82) is 0 Å². The summed E-state index contributed by atoms with van der Waals surface area (Å²) in [5.41, 5.74) is -6.54. The van der Waals surface area contributed by atoms with Crippen molar-refractivity contribution < 1.29 is 66.9 Å². The number of alkyl halides is 10. The van der Waals surface area contributed by atoms with Crippen LogP contribution in [0.4, 0.5) is 52.7 Å². The van der Waals surface area contributed by atoms with Gasteiger partial charge in [-0.1, -0.05) is 15.9 Å². The molecule has 0 N–H and O–H groups in total. The zero-order chi connectivity index (χ0) is 31.5. The van der Waals surface area contributed by atoms with Crippen molar-refractivity contribution in [2.45, 2.75) is 18.5 Å². The molecule has 0 aliphatic heterocycles. The molecule has 0 saturated carbocycles. The smallest absolute Gasteiger partial charge is 0.419 e. The van der Waals surface area contributed by atoms with E-state index >= 15 is 0 Å². The predicted molar refractivity (Wildman–Crippen MR) is 127 cm³/mol. The number of benzene rings is 3. The monoisotopic (exact) mass is 684 g/mol. The standard InChI is InChI=1S/C26H17BrF12O3/c27-10-23(11-40-14-1-4-20(28)17(7-14)24(31,32)33,12-41-15-2-5-21(29)18(8-15)25(34,35)36)13-42-16-3-6-22(30)19(9-16)26(37,38)39/h1-9H,10-13H2. The first-order valence-electron chi connectivity index (χ1n) is 11.4. The molecule has 0 atom stereocenters. The Morgan fingerprint density at radius 1 is 0.476 bits per heavy atom. The summed E-state index contributed by atoms with van der Waals surface area (Å²) in [7, 11) is 0. The average molecular weight is 685 g/mol. The molecular weight excluding hydrogens is 668 g/mol. The van der Waals surface area contributed by atoms with Gasteiger partial charge < -0.3 is 14.2 Å². The molecule has 3 rings (SSSR count). The molecule has 0 heterocycles. The van der Waals surface area contributed by atoms with E-state index in [0.717, 1.165) is 18.2 Å². The first-order chi connectivity index (χ1) is 19.3. The second-order valence-corrected chi connectivity index (χ2v) is 9.48. The van der Waals surface area contributed by atoms with E-state index in [-0.39, 0.29) is 5.33 Å². The van der Waals surface area contributed by atoms with E-state index in [0.29, 0.717) is 36.4 Å².